The Labute approximate surface area is 84.6 Å². The minimum atomic E-state index is 0.516. The van der Waals surface area contributed by atoms with Gasteiger partial charge < -0.3 is 4.40 Å². The molecule has 0 aliphatic rings. The third kappa shape index (κ3) is 1.41. The van der Waals surface area contributed by atoms with E-state index in [-0.39, 0.29) is 0 Å². The monoisotopic (exact) mass is 188 g/mol. The fourth-order valence-corrected chi connectivity index (χ4v) is 1.63. The molecule has 74 valence electrons. The second-order valence-corrected chi connectivity index (χ2v) is 4.16. The van der Waals surface area contributed by atoms with Gasteiger partial charge in [-0.15, -0.1) is 0 Å². The van der Waals surface area contributed by atoms with Gasteiger partial charge in [0.05, 0.1) is 17.5 Å². The molecule has 0 radical (unpaired) electrons. The average molecular weight is 188 g/mol. The van der Waals surface area contributed by atoms with Crippen LogP contribution < -0.4 is 0 Å². The number of rotatable bonds is 2. The van der Waals surface area contributed by atoms with Gasteiger partial charge in [0.1, 0.15) is 0 Å². The van der Waals surface area contributed by atoms with Crippen LogP contribution in [0.2, 0.25) is 0 Å². The third-order valence-corrected chi connectivity index (χ3v) is 2.91. The van der Waals surface area contributed by atoms with Gasteiger partial charge in [0.15, 0.2) is 0 Å². The molecule has 0 saturated heterocycles. The average Bonchev–Trinajstić information content (AvgIpc) is 2.60. The van der Waals surface area contributed by atoms with Crippen LogP contribution in [0.3, 0.4) is 0 Å². The standard InChI is InChI=1S/C12H16N2/c1-9(2)10(3)12-11-6-4-5-7-14(11)8-13-12/h4-10H,1-3H3/t10-/m1/s1. The van der Waals surface area contributed by atoms with Crippen molar-refractivity contribution in [2.45, 2.75) is 26.7 Å². The Morgan fingerprint density at radius 1 is 1.21 bits per heavy atom. The van der Waals surface area contributed by atoms with Crippen LogP contribution in [-0.2, 0) is 0 Å². The van der Waals surface area contributed by atoms with Gasteiger partial charge in [0.25, 0.3) is 0 Å². The van der Waals surface area contributed by atoms with Gasteiger partial charge in [-0.05, 0) is 18.1 Å². The summed E-state index contributed by atoms with van der Waals surface area (Å²) in [6.07, 6.45) is 3.93. The normalized spacial score (nSPS) is 13.7. The molecule has 0 fully saturated rings. The molecule has 2 heterocycles. The highest BCUT2D eigenvalue weighted by atomic mass is 15.0. The molecule has 2 heteroatoms. The molecule has 2 aromatic rings. The van der Waals surface area contributed by atoms with Crippen LogP contribution in [0.4, 0.5) is 0 Å². The van der Waals surface area contributed by atoms with Crippen molar-refractivity contribution in [3.8, 4) is 0 Å². The first-order valence-corrected chi connectivity index (χ1v) is 5.11. The summed E-state index contributed by atoms with van der Waals surface area (Å²) >= 11 is 0. The molecule has 0 aliphatic heterocycles. The second-order valence-electron chi connectivity index (χ2n) is 4.16. The van der Waals surface area contributed by atoms with Gasteiger partial charge in [0, 0.05) is 12.1 Å². The number of nitrogens with zero attached hydrogens (tertiary/aromatic N) is 2. The van der Waals surface area contributed by atoms with E-state index in [4.69, 9.17) is 0 Å². The van der Waals surface area contributed by atoms with E-state index < -0.39 is 0 Å². The summed E-state index contributed by atoms with van der Waals surface area (Å²) in [4.78, 5) is 4.48. The van der Waals surface area contributed by atoms with Gasteiger partial charge in [-0.25, -0.2) is 4.98 Å². The van der Waals surface area contributed by atoms with Crippen LogP contribution >= 0.6 is 0 Å². The maximum absolute atomic E-state index is 4.48. The van der Waals surface area contributed by atoms with Crippen molar-refractivity contribution in [2.24, 2.45) is 5.92 Å². The lowest BCUT2D eigenvalue weighted by Gasteiger charge is -2.13. The molecule has 0 bridgehead atoms. The molecule has 0 spiro atoms. The molecule has 0 aliphatic carbocycles. The minimum Gasteiger partial charge on any atom is -0.306 e. The Kier molecular flexibility index (Phi) is 2.28. The van der Waals surface area contributed by atoms with Crippen LogP contribution in [0.15, 0.2) is 30.7 Å². The quantitative estimate of drug-likeness (QED) is 0.708. The maximum Gasteiger partial charge on any atom is 0.0995 e. The summed E-state index contributed by atoms with van der Waals surface area (Å²) in [5.41, 5.74) is 2.44. The molecular formula is C12H16N2. The SMILES string of the molecule is CC(C)[C@@H](C)c1ncn2ccccc12. The van der Waals surface area contributed by atoms with Crippen LogP contribution in [0.5, 0.6) is 0 Å². The highest BCUT2D eigenvalue weighted by Crippen LogP contribution is 2.25. The molecule has 2 rings (SSSR count). The number of hydrogen-bond acceptors (Lipinski definition) is 1. The molecule has 0 amide bonds. The van der Waals surface area contributed by atoms with E-state index in [1.165, 1.54) is 11.2 Å². The van der Waals surface area contributed by atoms with E-state index >= 15 is 0 Å². The Bertz CT molecular complexity index is 429. The number of imidazole rings is 1. The number of fused-ring (bicyclic) bond motifs is 1. The Hall–Kier alpha value is -1.31. The van der Waals surface area contributed by atoms with Crippen molar-refractivity contribution in [3.63, 3.8) is 0 Å². The van der Waals surface area contributed by atoms with Gasteiger partial charge in [-0.2, -0.15) is 0 Å². The Morgan fingerprint density at radius 3 is 2.71 bits per heavy atom. The maximum atomic E-state index is 4.48. The van der Waals surface area contributed by atoms with Gasteiger partial charge in [0.2, 0.25) is 0 Å². The molecule has 2 nitrogen and oxygen atoms in total. The molecule has 0 aromatic carbocycles. The molecule has 0 unspecified atom stereocenters. The van der Waals surface area contributed by atoms with Crippen molar-refractivity contribution in [1.29, 1.82) is 0 Å². The second kappa shape index (κ2) is 3.45. The number of pyridine rings is 1. The molecular weight excluding hydrogens is 172 g/mol. The summed E-state index contributed by atoms with van der Waals surface area (Å²) in [6, 6.07) is 6.22. The van der Waals surface area contributed by atoms with Crippen LogP contribution in [0, 0.1) is 5.92 Å². The first-order valence-electron chi connectivity index (χ1n) is 5.11. The summed E-state index contributed by atoms with van der Waals surface area (Å²) in [6.45, 7) is 6.71. The van der Waals surface area contributed by atoms with Crippen molar-refractivity contribution < 1.29 is 0 Å². The van der Waals surface area contributed by atoms with E-state index in [2.05, 4.69) is 42.3 Å². The fraction of sp³-hybridized carbons (Fsp3) is 0.417. The van der Waals surface area contributed by atoms with E-state index in [1.54, 1.807) is 0 Å². The van der Waals surface area contributed by atoms with Crippen LogP contribution in [0.25, 0.3) is 5.52 Å². The highest BCUT2D eigenvalue weighted by molar-refractivity contribution is 5.53. The predicted octanol–water partition coefficient (Wildman–Crippen LogP) is 3.09. The Morgan fingerprint density at radius 2 is 2.00 bits per heavy atom. The van der Waals surface area contributed by atoms with Gasteiger partial charge in [-0.1, -0.05) is 26.8 Å². The summed E-state index contributed by atoms with van der Waals surface area (Å²) in [5.74, 6) is 1.15. The van der Waals surface area contributed by atoms with Crippen LogP contribution in [0.1, 0.15) is 32.4 Å². The lowest BCUT2D eigenvalue weighted by molar-refractivity contribution is 0.528. The zero-order chi connectivity index (χ0) is 10.1. The zero-order valence-corrected chi connectivity index (χ0v) is 8.94. The number of aromatic nitrogens is 2. The van der Waals surface area contributed by atoms with Crippen molar-refractivity contribution in [1.82, 2.24) is 9.38 Å². The zero-order valence-electron chi connectivity index (χ0n) is 8.94. The van der Waals surface area contributed by atoms with Gasteiger partial charge in [-0.3, -0.25) is 0 Å². The molecule has 0 N–H and O–H groups in total. The first kappa shape index (κ1) is 9.25. The van der Waals surface area contributed by atoms with Crippen LogP contribution in [-0.4, -0.2) is 9.38 Å². The lowest BCUT2D eigenvalue weighted by atomic mass is 9.94. The molecule has 2 aromatic heterocycles. The topological polar surface area (TPSA) is 17.3 Å². The fourth-order valence-electron chi connectivity index (χ4n) is 1.63. The van der Waals surface area contributed by atoms with Crippen molar-refractivity contribution >= 4 is 5.52 Å². The smallest absolute Gasteiger partial charge is 0.0995 e. The largest absolute Gasteiger partial charge is 0.306 e. The predicted molar refractivity (Wildman–Crippen MR) is 58.4 cm³/mol. The minimum absolute atomic E-state index is 0.516. The van der Waals surface area contributed by atoms with E-state index in [0.29, 0.717) is 11.8 Å². The highest BCUT2D eigenvalue weighted by Gasteiger charge is 2.14. The first-order chi connectivity index (χ1) is 6.70. The molecule has 14 heavy (non-hydrogen) atoms. The summed E-state index contributed by atoms with van der Waals surface area (Å²) in [7, 11) is 0. The number of hydrogen-bond donors (Lipinski definition) is 0. The Balaban J connectivity index is 2.53. The van der Waals surface area contributed by atoms with E-state index in [1.807, 2.05) is 18.6 Å². The van der Waals surface area contributed by atoms with Crippen molar-refractivity contribution in [3.05, 3.63) is 36.4 Å². The van der Waals surface area contributed by atoms with E-state index in [0.717, 1.165) is 0 Å². The van der Waals surface area contributed by atoms with E-state index in [9.17, 15) is 0 Å². The molecule has 0 saturated carbocycles. The summed E-state index contributed by atoms with van der Waals surface area (Å²) < 4.78 is 2.08. The van der Waals surface area contributed by atoms with Crippen molar-refractivity contribution in [2.75, 3.05) is 0 Å². The summed E-state index contributed by atoms with van der Waals surface area (Å²) in [5, 5.41) is 0. The lowest BCUT2D eigenvalue weighted by Crippen LogP contribution is -2.02. The molecule has 1 atom stereocenters. The van der Waals surface area contributed by atoms with Gasteiger partial charge >= 0.3 is 0 Å². The third-order valence-electron chi connectivity index (χ3n) is 2.91.